The minimum absolute atomic E-state index is 0.0147. The first-order chi connectivity index (χ1) is 19.3. The van der Waals surface area contributed by atoms with Crippen molar-refractivity contribution in [2.45, 2.75) is 12.2 Å². The highest BCUT2D eigenvalue weighted by molar-refractivity contribution is 7.73. The predicted molar refractivity (Wildman–Crippen MR) is 169 cm³/mol. The first-order valence-electron chi connectivity index (χ1n) is 13.5. The molecule has 1 saturated heterocycles. The van der Waals surface area contributed by atoms with Crippen LogP contribution in [-0.4, -0.2) is 31.7 Å². The molecule has 0 spiro atoms. The van der Waals surface area contributed by atoms with Gasteiger partial charge in [0.2, 0.25) is 0 Å². The van der Waals surface area contributed by atoms with Crippen LogP contribution in [0.4, 0.5) is 0 Å². The Kier molecular flexibility index (Phi) is 8.64. The first-order valence-corrected chi connectivity index (χ1v) is 16.5. The van der Waals surface area contributed by atoms with Gasteiger partial charge in [0.15, 0.2) is 0 Å². The van der Waals surface area contributed by atoms with Crippen molar-refractivity contribution in [3.8, 4) is 0 Å². The second-order valence-corrected chi connectivity index (χ2v) is 14.2. The monoisotopic (exact) mass is 544 g/mol. The summed E-state index contributed by atoms with van der Waals surface area (Å²) in [5.41, 5.74) is 1.08. The molecule has 0 amide bonds. The maximum absolute atomic E-state index is 6.81. The van der Waals surface area contributed by atoms with Crippen LogP contribution in [0.1, 0.15) is 0 Å². The molecule has 1 heterocycles. The van der Waals surface area contributed by atoms with Gasteiger partial charge in [0.1, 0.15) is 0 Å². The maximum Gasteiger partial charge on any atom is 0.494 e. The summed E-state index contributed by atoms with van der Waals surface area (Å²) in [6.07, 6.45) is 1.81. The minimum Gasteiger partial charge on any atom is -0.401 e. The van der Waals surface area contributed by atoms with E-state index < -0.39 is 15.8 Å². The number of hydrogen-bond acceptors (Lipinski definition) is 2. The Morgan fingerprint density at radius 3 is 1.00 bits per heavy atom. The summed E-state index contributed by atoms with van der Waals surface area (Å²) in [6, 6.07) is 54.0. The van der Waals surface area contributed by atoms with Gasteiger partial charge in [-0.1, -0.05) is 152 Å². The Morgan fingerprint density at radius 1 is 0.410 bits per heavy atom. The van der Waals surface area contributed by atoms with E-state index in [9.17, 15) is 0 Å². The molecule has 0 aliphatic carbocycles. The molecule has 0 saturated carbocycles. The van der Waals surface area contributed by atoms with Crippen LogP contribution in [0, 0.1) is 0 Å². The molecule has 1 aliphatic rings. The lowest BCUT2D eigenvalue weighted by molar-refractivity contribution is 0.194. The van der Waals surface area contributed by atoms with Gasteiger partial charge in [-0.05, 0) is 42.5 Å². The lowest BCUT2D eigenvalue weighted by Gasteiger charge is -2.28. The molecular weight excluding hydrogens is 513 g/mol. The average Bonchev–Trinajstić information content (AvgIpc) is 3.43. The molecule has 192 valence electrons. The van der Waals surface area contributed by atoms with Crippen molar-refractivity contribution in [1.29, 1.82) is 0 Å². The van der Waals surface area contributed by atoms with Gasteiger partial charge < -0.3 is 9.31 Å². The van der Waals surface area contributed by atoms with Crippen molar-refractivity contribution in [2.75, 3.05) is 12.3 Å². The maximum atomic E-state index is 6.81. The fraction of sp³-hybridized carbons (Fsp3) is 0.118. The molecule has 6 rings (SSSR count). The van der Waals surface area contributed by atoms with Crippen LogP contribution < -0.4 is 26.7 Å². The summed E-state index contributed by atoms with van der Waals surface area (Å²) in [5.74, 6) is 0. The van der Waals surface area contributed by atoms with Crippen LogP contribution in [0.5, 0.6) is 0 Å². The van der Waals surface area contributed by atoms with Gasteiger partial charge in [-0.2, -0.15) is 0 Å². The summed E-state index contributed by atoms with van der Waals surface area (Å²) in [5, 5.41) is 5.49. The number of rotatable bonds is 9. The lowest BCUT2D eigenvalue weighted by Crippen LogP contribution is -2.33. The molecule has 2 nitrogen and oxygen atoms in total. The highest BCUT2D eigenvalue weighted by atomic mass is 31.1. The van der Waals surface area contributed by atoms with E-state index in [4.69, 9.17) is 9.31 Å². The highest BCUT2D eigenvalue weighted by Gasteiger charge is 2.43. The quantitative estimate of drug-likeness (QED) is 0.182. The minimum atomic E-state index is -0.608. The molecule has 2 atom stereocenters. The van der Waals surface area contributed by atoms with Crippen LogP contribution in [0.3, 0.4) is 0 Å². The van der Waals surface area contributed by atoms with Gasteiger partial charge in [0.05, 0.1) is 12.2 Å². The zero-order valence-electron chi connectivity index (χ0n) is 21.8. The van der Waals surface area contributed by atoms with Gasteiger partial charge in [0.25, 0.3) is 0 Å². The lowest BCUT2D eigenvalue weighted by atomic mass is 9.79. The third-order valence-electron chi connectivity index (χ3n) is 7.08. The molecule has 1 fully saturated rings. The topological polar surface area (TPSA) is 18.5 Å². The molecule has 5 aromatic carbocycles. The number of benzene rings is 5. The average molecular weight is 544 g/mol. The fourth-order valence-electron chi connectivity index (χ4n) is 5.12. The first kappa shape index (κ1) is 26.2. The van der Waals surface area contributed by atoms with Crippen LogP contribution in [0.2, 0.25) is 0 Å². The van der Waals surface area contributed by atoms with Crippen molar-refractivity contribution in [2.24, 2.45) is 0 Å². The van der Waals surface area contributed by atoms with Crippen LogP contribution in [0.15, 0.2) is 152 Å². The van der Waals surface area contributed by atoms with E-state index in [0.717, 1.165) is 17.8 Å². The van der Waals surface area contributed by atoms with Crippen molar-refractivity contribution in [3.05, 3.63) is 152 Å². The zero-order valence-corrected chi connectivity index (χ0v) is 23.6. The van der Waals surface area contributed by atoms with Crippen molar-refractivity contribution >= 4 is 49.6 Å². The summed E-state index contributed by atoms with van der Waals surface area (Å²) in [6.45, 7) is 0. The smallest absolute Gasteiger partial charge is 0.401 e. The van der Waals surface area contributed by atoms with Crippen LogP contribution in [0.25, 0.3) is 0 Å². The molecule has 39 heavy (non-hydrogen) atoms. The molecule has 0 N–H and O–H groups in total. The standard InChI is InChI=1S/C34H31BO2P2/c1-6-16-28(17-7-1)35-36-33(26-38(29-18-8-2-9-19-29)30-20-10-3-11-21-30)34(37-35)27-39(31-22-12-4-13-23-31)32-24-14-5-15-25-32/h1-25,33-34H,26-27H2/t33-,34-/m1/s1. The van der Waals surface area contributed by atoms with E-state index in [1.54, 1.807) is 0 Å². The highest BCUT2D eigenvalue weighted by Crippen LogP contribution is 2.42. The largest absolute Gasteiger partial charge is 0.494 e. The third-order valence-corrected chi connectivity index (χ3v) is 12.2. The second kappa shape index (κ2) is 12.9. The Bertz CT molecular complexity index is 1250. The van der Waals surface area contributed by atoms with Gasteiger partial charge in [-0.25, -0.2) is 0 Å². The van der Waals surface area contributed by atoms with Gasteiger partial charge in [-0.15, -0.1) is 0 Å². The summed E-state index contributed by atoms with van der Waals surface area (Å²) < 4.78 is 13.6. The zero-order chi connectivity index (χ0) is 26.3. The third kappa shape index (κ3) is 6.41. The van der Waals surface area contributed by atoms with Crippen LogP contribution >= 0.6 is 15.8 Å². The predicted octanol–water partition coefficient (Wildman–Crippen LogP) is 5.43. The van der Waals surface area contributed by atoms with E-state index in [1.165, 1.54) is 21.2 Å². The molecule has 5 aromatic rings. The molecule has 0 bridgehead atoms. The van der Waals surface area contributed by atoms with Gasteiger partial charge >= 0.3 is 7.12 Å². The number of hydrogen-bond donors (Lipinski definition) is 0. The van der Waals surface area contributed by atoms with Crippen molar-refractivity contribution < 1.29 is 9.31 Å². The van der Waals surface area contributed by atoms with E-state index in [1.807, 2.05) is 6.07 Å². The summed E-state index contributed by atoms with van der Waals surface area (Å²) in [7, 11) is -1.57. The van der Waals surface area contributed by atoms with Crippen LogP contribution in [-0.2, 0) is 9.31 Å². The Morgan fingerprint density at radius 2 is 0.692 bits per heavy atom. The van der Waals surface area contributed by atoms with Crippen molar-refractivity contribution in [1.82, 2.24) is 0 Å². The van der Waals surface area contributed by atoms with E-state index in [-0.39, 0.29) is 19.3 Å². The van der Waals surface area contributed by atoms with E-state index >= 15 is 0 Å². The molecule has 5 heteroatoms. The second-order valence-electron chi connectivity index (χ2n) is 9.66. The normalized spacial score (nSPS) is 17.1. The Hall–Kier alpha value is -3.06. The summed E-state index contributed by atoms with van der Waals surface area (Å²) in [4.78, 5) is 0. The van der Waals surface area contributed by atoms with E-state index in [0.29, 0.717) is 0 Å². The van der Waals surface area contributed by atoms with Gasteiger partial charge in [0, 0.05) is 12.3 Å². The summed E-state index contributed by atoms with van der Waals surface area (Å²) >= 11 is 0. The molecule has 0 unspecified atom stereocenters. The molecule has 0 radical (unpaired) electrons. The Balaban J connectivity index is 1.35. The molecule has 0 aromatic heterocycles. The van der Waals surface area contributed by atoms with Gasteiger partial charge in [-0.3, -0.25) is 0 Å². The molecular formula is C34H31BO2P2. The Labute approximate surface area is 234 Å². The van der Waals surface area contributed by atoms with E-state index in [2.05, 4.69) is 146 Å². The molecule has 1 aliphatic heterocycles. The fourth-order valence-corrected chi connectivity index (χ4v) is 10.1. The SMILES string of the molecule is c1ccc(B2O[C@H](CP(c3ccccc3)c3ccccc3)[C@@H](CP(c3ccccc3)c3ccccc3)O2)cc1. The van der Waals surface area contributed by atoms with Crippen molar-refractivity contribution in [3.63, 3.8) is 0 Å².